The Morgan fingerprint density at radius 3 is 2.68 bits per heavy atom. The Hall–Kier alpha value is -3.06. The van der Waals surface area contributed by atoms with Crippen LogP contribution < -0.4 is 5.32 Å². The Labute approximate surface area is 165 Å². The number of rotatable bonds is 5. The number of nitrogens with zero attached hydrogens (tertiary/aromatic N) is 3. The fourth-order valence-electron chi connectivity index (χ4n) is 2.91. The summed E-state index contributed by atoms with van der Waals surface area (Å²) in [6.07, 6.45) is 0.642. The number of aromatic nitrogens is 3. The van der Waals surface area contributed by atoms with Crippen LogP contribution >= 0.6 is 11.3 Å². The van der Waals surface area contributed by atoms with Gasteiger partial charge in [0, 0.05) is 29.5 Å². The van der Waals surface area contributed by atoms with Gasteiger partial charge in [0.25, 0.3) is 5.91 Å². The maximum absolute atomic E-state index is 13.1. The highest BCUT2D eigenvalue weighted by Crippen LogP contribution is 2.21. The molecule has 1 N–H and O–H groups in total. The van der Waals surface area contributed by atoms with Crippen LogP contribution in [0.4, 0.5) is 4.39 Å². The van der Waals surface area contributed by atoms with Gasteiger partial charge in [-0.2, -0.15) is 4.98 Å². The number of aryl methyl sites for hydroxylation is 2. The van der Waals surface area contributed by atoms with Crippen LogP contribution in [0, 0.1) is 19.7 Å². The number of halogens is 1. The van der Waals surface area contributed by atoms with Gasteiger partial charge in [-0.15, -0.1) is 16.4 Å². The third kappa shape index (κ3) is 3.66. The lowest BCUT2D eigenvalue weighted by Crippen LogP contribution is -2.26. The maximum atomic E-state index is 13.1. The van der Waals surface area contributed by atoms with E-state index < -0.39 is 0 Å². The van der Waals surface area contributed by atoms with Crippen LogP contribution in [-0.4, -0.2) is 27.0 Å². The van der Waals surface area contributed by atoms with E-state index in [9.17, 15) is 9.18 Å². The van der Waals surface area contributed by atoms with Crippen molar-refractivity contribution in [2.75, 3.05) is 6.54 Å². The second-order valence-electron chi connectivity index (χ2n) is 6.67. The highest BCUT2D eigenvalue weighted by atomic mass is 32.1. The number of hydrogen-bond acceptors (Lipinski definition) is 4. The molecule has 142 valence electrons. The zero-order chi connectivity index (χ0) is 19.7. The number of thiazole rings is 1. The summed E-state index contributed by atoms with van der Waals surface area (Å²) in [6, 6.07) is 11.8. The molecule has 0 aliphatic heterocycles. The Balaban J connectivity index is 1.44. The molecule has 0 saturated heterocycles. The first-order chi connectivity index (χ1) is 13.5. The van der Waals surface area contributed by atoms with Crippen molar-refractivity contribution in [1.82, 2.24) is 19.9 Å². The van der Waals surface area contributed by atoms with Crippen molar-refractivity contribution >= 4 is 22.2 Å². The summed E-state index contributed by atoms with van der Waals surface area (Å²) < 4.78 is 14.9. The van der Waals surface area contributed by atoms with Crippen LogP contribution in [0.3, 0.4) is 0 Å². The minimum absolute atomic E-state index is 0.0832. The first-order valence-electron chi connectivity index (χ1n) is 8.96. The van der Waals surface area contributed by atoms with Gasteiger partial charge in [-0.3, -0.25) is 4.79 Å². The zero-order valence-corrected chi connectivity index (χ0v) is 16.4. The molecule has 2 aromatic heterocycles. The van der Waals surface area contributed by atoms with Crippen LogP contribution in [0.2, 0.25) is 0 Å². The standard InChI is InChI=1S/C21H19FN4OS/c1-13-3-4-16(11-14(13)2)20(27)23-10-9-18-12-28-21-24-19(25-26(18)21)15-5-7-17(22)8-6-15/h3-8,11-12H,9-10H2,1-2H3,(H,23,27). The van der Waals surface area contributed by atoms with E-state index in [2.05, 4.69) is 15.4 Å². The van der Waals surface area contributed by atoms with E-state index in [0.717, 1.165) is 21.8 Å². The second kappa shape index (κ2) is 7.52. The zero-order valence-electron chi connectivity index (χ0n) is 15.6. The molecular weight excluding hydrogens is 375 g/mol. The fourth-order valence-corrected chi connectivity index (χ4v) is 3.76. The molecule has 0 aliphatic rings. The van der Waals surface area contributed by atoms with Gasteiger partial charge in [-0.25, -0.2) is 8.91 Å². The largest absolute Gasteiger partial charge is 0.352 e. The second-order valence-corrected chi connectivity index (χ2v) is 7.51. The summed E-state index contributed by atoms with van der Waals surface area (Å²) in [5.74, 6) is 0.192. The van der Waals surface area contributed by atoms with Gasteiger partial charge >= 0.3 is 0 Å². The Kier molecular flexibility index (Phi) is 4.92. The van der Waals surface area contributed by atoms with Gasteiger partial charge in [0.05, 0.1) is 5.69 Å². The smallest absolute Gasteiger partial charge is 0.251 e. The minimum Gasteiger partial charge on any atom is -0.352 e. The van der Waals surface area contributed by atoms with Gasteiger partial charge in [0.2, 0.25) is 4.96 Å². The van der Waals surface area contributed by atoms with E-state index >= 15 is 0 Å². The number of fused-ring (bicyclic) bond motifs is 1. The van der Waals surface area contributed by atoms with Crippen LogP contribution in [-0.2, 0) is 6.42 Å². The van der Waals surface area contributed by atoms with Gasteiger partial charge in [-0.05, 0) is 61.4 Å². The summed E-state index contributed by atoms with van der Waals surface area (Å²) >= 11 is 1.49. The number of amides is 1. The molecule has 2 heterocycles. The van der Waals surface area contributed by atoms with E-state index in [-0.39, 0.29) is 11.7 Å². The number of carbonyl (C=O) groups excluding carboxylic acids is 1. The molecule has 0 saturated carbocycles. The molecule has 0 spiro atoms. The quantitative estimate of drug-likeness (QED) is 0.552. The number of carbonyl (C=O) groups is 1. The highest BCUT2D eigenvalue weighted by molar-refractivity contribution is 7.15. The molecule has 0 fully saturated rings. The molecule has 0 bridgehead atoms. The van der Waals surface area contributed by atoms with Crippen molar-refractivity contribution in [1.29, 1.82) is 0 Å². The summed E-state index contributed by atoms with van der Waals surface area (Å²) in [7, 11) is 0. The van der Waals surface area contributed by atoms with E-state index in [1.807, 2.05) is 37.4 Å². The lowest BCUT2D eigenvalue weighted by Gasteiger charge is -2.07. The Morgan fingerprint density at radius 2 is 1.93 bits per heavy atom. The van der Waals surface area contributed by atoms with Gasteiger partial charge < -0.3 is 5.32 Å². The molecule has 5 nitrogen and oxygen atoms in total. The fraction of sp³-hybridized carbons (Fsp3) is 0.190. The number of nitrogens with one attached hydrogen (secondary N) is 1. The summed E-state index contributed by atoms with van der Waals surface area (Å²) in [5, 5.41) is 9.48. The van der Waals surface area contributed by atoms with E-state index in [1.54, 1.807) is 16.6 Å². The predicted octanol–water partition coefficient (Wildman–Crippen LogP) is 4.19. The third-order valence-electron chi connectivity index (χ3n) is 4.69. The van der Waals surface area contributed by atoms with E-state index in [4.69, 9.17) is 0 Å². The van der Waals surface area contributed by atoms with Crippen molar-refractivity contribution in [3.8, 4) is 11.4 Å². The molecule has 0 unspecified atom stereocenters. The normalized spacial score (nSPS) is 11.1. The van der Waals surface area contributed by atoms with Crippen molar-refractivity contribution in [3.63, 3.8) is 0 Å². The molecule has 2 aromatic carbocycles. The average Bonchev–Trinajstić information content (AvgIpc) is 3.26. The lowest BCUT2D eigenvalue weighted by atomic mass is 10.1. The SMILES string of the molecule is Cc1ccc(C(=O)NCCc2csc3nc(-c4ccc(F)cc4)nn23)cc1C. The van der Waals surface area contributed by atoms with Gasteiger partial charge in [-0.1, -0.05) is 6.07 Å². The van der Waals surface area contributed by atoms with Crippen molar-refractivity contribution in [2.24, 2.45) is 0 Å². The molecule has 28 heavy (non-hydrogen) atoms. The highest BCUT2D eigenvalue weighted by Gasteiger charge is 2.12. The first-order valence-corrected chi connectivity index (χ1v) is 9.84. The molecule has 4 aromatic rings. The lowest BCUT2D eigenvalue weighted by molar-refractivity contribution is 0.0954. The minimum atomic E-state index is -0.287. The van der Waals surface area contributed by atoms with Crippen molar-refractivity contribution in [3.05, 3.63) is 76.0 Å². The molecule has 0 atom stereocenters. The van der Waals surface area contributed by atoms with Gasteiger partial charge in [0.15, 0.2) is 5.82 Å². The van der Waals surface area contributed by atoms with Crippen LogP contribution in [0.25, 0.3) is 16.3 Å². The molecule has 0 aliphatic carbocycles. The van der Waals surface area contributed by atoms with Crippen LogP contribution in [0.5, 0.6) is 0 Å². The summed E-state index contributed by atoms with van der Waals surface area (Å²) in [4.78, 5) is 17.6. The Bertz CT molecular complexity index is 1150. The molecular formula is C21H19FN4OS. The molecule has 1 amide bonds. The number of benzene rings is 2. The van der Waals surface area contributed by atoms with Crippen molar-refractivity contribution in [2.45, 2.75) is 20.3 Å². The van der Waals surface area contributed by atoms with Crippen molar-refractivity contribution < 1.29 is 9.18 Å². The average molecular weight is 394 g/mol. The molecule has 7 heteroatoms. The van der Waals surface area contributed by atoms with Gasteiger partial charge in [0.1, 0.15) is 5.82 Å². The maximum Gasteiger partial charge on any atom is 0.251 e. The first kappa shape index (κ1) is 18.3. The van der Waals surface area contributed by atoms with E-state index in [1.165, 1.54) is 29.0 Å². The third-order valence-corrected chi connectivity index (χ3v) is 5.55. The summed E-state index contributed by atoms with van der Waals surface area (Å²) in [5.41, 5.74) is 4.67. The molecule has 0 radical (unpaired) electrons. The van der Waals surface area contributed by atoms with E-state index in [0.29, 0.717) is 24.4 Å². The topological polar surface area (TPSA) is 59.3 Å². The monoisotopic (exact) mass is 394 g/mol. The predicted molar refractivity (Wildman–Crippen MR) is 108 cm³/mol. The van der Waals surface area contributed by atoms with Crippen LogP contribution in [0.15, 0.2) is 47.8 Å². The van der Waals surface area contributed by atoms with Crippen LogP contribution in [0.1, 0.15) is 27.2 Å². The Morgan fingerprint density at radius 1 is 1.14 bits per heavy atom. The number of hydrogen-bond donors (Lipinski definition) is 1. The molecule has 4 rings (SSSR count). The summed E-state index contributed by atoms with van der Waals surface area (Å²) in [6.45, 7) is 4.53.